The summed E-state index contributed by atoms with van der Waals surface area (Å²) in [5.41, 5.74) is 1.14. The van der Waals surface area contributed by atoms with Gasteiger partial charge in [-0.05, 0) is 13.3 Å². The molecule has 1 unspecified atom stereocenters. The number of fused-ring (bicyclic) bond motifs is 1. The second-order valence-corrected chi connectivity index (χ2v) is 5.18. The minimum absolute atomic E-state index is 0.344. The van der Waals surface area contributed by atoms with E-state index in [-0.39, 0.29) is 5.97 Å². The van der Waals surface area contributed by atoms with Crippen LogP contribution in [-0.4, -0.2) is 37.6 Å². The Bertz CT molecular complexity index is 719. The summed E-state index contributed by atoms with van der Waals surface area (Å²) in [7, 11) is 3.08. The van der Waals surface area contributed by atoms with E-state index < -0.39 is 6.04 Å². The zero-order valence-corrected chi connectivity index (χ0v) is 13.8. The molecule has 1 aromatic heterocycles. The largest absolute Gasteiger partial charge is 0.497 e. The average Bonchev–Trinajstić information content (AvgIpc) is 2.96. The van der Waals surface area contributed by atoms with E-state index >= 15 is 0 Å². The van der Waals surface area contributed by atoms with Crippen LogP contribution in [0.3, 0.4) is 0 Å². The molecule has 0 radical (unpaired) electrons. The van der Waals surface area contributed by atoms with Gasteiger partial charge in [-0.2, -0.15) is 0 Å². The number of benzene rings is 1. The van der Waals surface area contributed by atoms with E-state index in [1.165, 1.54) is 7.11 Å². The summed E-state index contributed by atoms with van der Waals surface area (Å²) in [5.74, 6) is 0.762. The van der Waals surface area contributed by atoms with E-state index in [2.05, 4.69) is 0 Å². The summed E-state index contributed by atoms with van der Waals surface area (Å²) in [6, 6.07) is 2.92. The molecule has 0 aliphatic heterocycles. The predicted octanol–water partition coefficient (Wildman–Crippen LogP) is 2.99. The van der Waals surface area contributed by atoms with E-state index in [0.717, 1.165) is 12.7 Å². The van der Waals surface area contributed by atoms with Crippen molar-refractivity contribution in [1.82, 2.24) is 4.57 Å². The van der Waals surface area contributed by atoms with Crippen molar-refractivity contribution in [3.63, 3.8) is 0 Å². The van der Waals surface area contributed by atoms with E-state index in [4.69, 9.17) is 14.2 Å². The normalized spacial score (nSPS) is 12.0. The number of hydrogen-bond donors (Lipinski definition) is 0. The lowest BCUT2D eigenvalue weighted by Gasteiger charge is -2.15. The van der Waals surface area contributed by atoms with Crippen LogP contribution in [0.4, 0.5) is 0 Å². The van der Waals surface area contributed by atoms with Crippen molar-refractivity contribution < 1.29 is 23.8 Å². The molecule has 2 aromatic rings. The maximum atomic E-state index is 12.2. The van der Waals surface area contributed by atoms with Crippen molar-refractivity contribution in [3.05, 3.63) is 23.9 Å². The van der Waals surface area contributed by atoms with Crippen LogP contribution in [-0.2, 0) is 9.53 Å². The van der Waals surface area contributed by atoms with Gasteiger partial charge in [0.25, 0.3) is 0 Å². The molecule has 2 rings (SSSR count). The standard InChI is InChI=1S/C17H21NO5/c1-5-6-23-17(20)11(2)18-9-12(10-19)16-14(18)7-13(21-3)8-15(16)22-4/h7-11H,5-6H2,1-4H3. The molecule has 6 heteroatoms. The zero-order valence-electron chi connectivity index (χ0n) is 13.8. The molecule has 0 aliphatic rings. The highest BCUT2D eigenvalue weighted by Crippen LogP contribution is 2.36. The second kappa shape index (κ2) is 7.17. The highest BCUT2D eigenvalue weighted by molar-refractivity contribution is 6.02. The Morgan fingerprint density at radius 2 is 2.04 bits per heavy atom. The third-order valence-electron chi connectivity index (χ3n) is 3.69. The quantitative estimate of drug-likeness (QED) is 0.580. The third kappa shape index (κ3) is 3.16. The van der Waals surface area contributed by atoms with Crippen LogP contribution < -0.4 is 9.47 Å². The number of ether oxygens (including phenoxy) is 3. The van der Waals surface area contributed by atoms with Gasteiger partial charge in [0.15, 0.2) is 6.29 Å². The number of rotatable bonds is 7. The summed E-state index contributed by atoms with van der Waals surface area (Å²) in [5, 5.41) is 0.651. The number of nitrogens with zero attached hydrogens (tertiary/aromatic N) is 1. The van der Waals surface area contributed by atoms with Crippen molar-refractivity contribution in [3.8, 4) is 11.5 Å². The topological polar surface area (TPSA) is 66.8 Å². The van der Waals surface area contributed by atoms with Crippen LogP contribution in [0, 0.1) is 0 Å². The molecule has 0 N–H and O–H groups in total. The number of aromatic nitrogens is 1. The van der Waals surface area contributed by atoms with E-state index in [0.29, 0.717) is 34.6 Å². The highest BCUT2D eigenvalue weighted by Gasteiger charge is 2.22. The summed E-state index contributed by atoms with van der Waals surface area (Å²) in [6.07, 6.45) is 3.14. The molecule has 0 aliphatic carbocycles. The van der Waals surface area contributed by atoms with Crippen molar-refractivity contribution >= 4 is 23.2 Å². The maximum Gasteiger partial charge on any atom is 0.328 e. The van der Waals surface area contributed by atoms with E-state index in [1.807, 2.05) is 6.92 Å². The Labute approximate surface area is 134 Å². The summed E-state index contributed by atoms with van der Waals surface area (Å²) in [6.45, 7) is 4.04. The van der Waals surface area contributed by atoms with Crippen molar-refractivity contribution in [2.45, 2.75) is 26.3 Å². The SMILES string of the molecule is CCCOC(=O)C(C)n1cc(C=O)c2c(OC)cc(OC)cc21. The fourth-order valence-electron chi connectivity index (χ4n) is 2.48. The van der Waals surface area contributed by atoms with Gasteiger partial charge in [-0.3, -0.25) is 4.79 Å². The lowest BCUT2D eigenvalue weighted by Crippen LogP contribution is -2.19. The third-order valence-corrected chi connectivity index (χ3v) is 3.69. The van der Waals surface area contributed by atoms with Gasteiger partial charge in [0.05, 0.1) is 31.7 Å². The lowest BCUT2D eigenvalue weighted by molar-refractivity contribution is -0.147. The molecule has 0 spiro atoms. The molecular formula is C17H21NO5. The van der Waals surface area contributed by atoms with Crippen LogP contribution in [0.15, 0.2) is 18.3 Å². The van der Waals surface area contributed by atoms with Crippen molar-refractivity contribution in [2.24, 2.45) is 0 Å². The smallest absolute Gasteiger partial charge is 0.328 e. The second-order valence-electron chi connectivity index (χ2n) is 5.18. The van der Waals surface area contributed by atoms with Crippen molar-refractivity contribution in [2.75, 3.05) is 20.8 Å². The predicted molar refractivity (Wildman–Crippen MR) is 86.4 cm³/mol. The van der Waals surface area contributed by atoms with Gasteiger partial charge < -0.3 is 18.8 Å². The minimum Gasteiger partial charge on any atom is -0.497 e. The first-order chi connectivity index (χ1) is 11.1. The van der Waals surface area contributed by atoms with Crippen LogP contribution >= 0.6 is 0 Å². The lowest BCUT2D eigenvalue weighted by atomic mass is 10.1. The van der Waals surface area contributed by atoms with Gasteiger partial charge >= 0.3 is 5.97 Å². The molecule has 1 heterocycles. The zero-order chi connectivity index (χ0) is 17.0. The summed E-state index contributed by atoms with van der Waals surface area (Å²) >= 11 is 0. The van der Waals surface area contributed by atoms with Crippen LogP contribution in [0.2, 0.25) is 0 Å². The molecule has 0 amide bonds. The Kier molecular flexibility index (Phi) is 5.26. The van der Waals surface area contributed by atoms with Gasteiger partial charge in [0.2, 0.25) is 0 Å². The van der Waals surface area contributed by atoms with Crippen molar-refractivity contribution in [1.29, 1.82) is 0 Å². The molecule has 0 bridgehead atoms. The molecule has 124 valence electrons. The number of esters is 1. The first-order valence-electron chi connectivity index (χ1n) is 7.45. The first kappa shape index (κ1) is 16.9. The molecule has 1 atom stereocenters. The molecule has 0 saturated heterocycles. The summed E-state index contributed by atoms with van der Waals surface area (Å²) < 4.78 is 17.5. The van der Waals surface area contributed by atoms with Crippen LogP contribution in [0.25, 0.3) is 10.9 Å². The number of carbonyl (C=O) groups excluding carboxylic acids is 2. The van der Waals surface area contributed by atoms with E-state index in [1.54, 1.807) is 36.9 Å². The number of methoxy groups -OCH3 is 2. The van der Waals surface area contributed by atoms with Gasteiger partial charge in [-0.15, -0.1) is 0 Å². The van der Waals surface area contributed by atoms with E-state index in [9.17, 15) is 9.59 Å². The van der Waals surface area contributed by atoms with Gasteiger partial charge in [0, 0.05) is 23.9 Å². The first-order valence-corrected chi connectivity index (χ1v) is 7.45. The Morgan fingerprint density at radius 1 is 1.30 bits per heavy atom. The van der Waals surface area contributed by atoms with Crippen LogP contribution in [0.1, 0.15) is 36.7 Å². The minimum atomic E-state index is -0.561. The molecule has 0 saturated carbocycles. The number of aldehydes is 1. The van der Waals surface area contributed by atoms with Gasteiger partial charge in [0.1, 0.15) is 17.5 Å². The Balaban J connectivity index is 2.59. The van der Waals surface area contributed by atoms with Gasteiger partial charge in [-0.1, -0.05) is 6.92 Å². The van der Waals surface area contributed by atoms with Crippen LogP contribution in [0.5, 0.6) is 11.5 Å². The monoisotopic (exact) mass is 319 g/mol. The average molecular weight is 319 g/mol. The molecule has 1 aromatic carbocycles. The number of carbonyl (C=O) groups is 2. The molecule has 23 heavy (non-hydrogen) atoms. The number of hydrogen-bond acceptors (Lipinski definition) is 5. The fraction of sp³-hybridized carbons (Fsp3) is 0.412. The maximum absolute atomic E-state index is 12.2. The molecule has 6 nitrogen and oxygen atoms in total. The van der Waals surface area contributed by atoms with Gasteiger partial charge in [-0.25, -0.2) is 4.79 Å². The Morgan fingerprint density at radius 3 is 2.61 bits per heavy atom. The molecule has 0 fully saturated rings. The molecular weight excluding hydrogens is 298 g/mol. The highest BCUT2D eigenvalue weighted by atomic mass is 16.5. The Hall–Kier alpha value is -2.50. The summed E-state index contributed by atoms with van der Waals surface area (Å²) in [4.78, 5) is 23.6. The fourth-order valence-corrected chi connectivity index (χ4v) is 2.48.